The summed E-state index contributed by atoms with van der Waals surface area (Å²) in [5.41, 5.74) is 1.80. The Morgan fingerprint density at radius 2 is 1.69 bits per heavy atom. The van der Waals surface area contributed by atoms with Crippen molar-refractivity contribution in [1.82, 2.24) is 20.4 Å². The Bertz CT molecular complexity index is 753. The van der Waals surface area contributed by atoms with Gasteiger partial charge in [0.2, 0.25) is 10.0 Å². The molecule has 2 aromatic rings. The van der Waals surface area contributed by atoms with Crippen LogP contribution in [0.2, 0.25) is 0 Å². The number of likely N-dealkylation sites (tertiary alicyclic amines) is 1. The second kappa shape index (κ2) is 8.86. The quantitative estimate of drug-likeness (QED) is 0.811. The van der Waals surface area contributed by atoms with Crippen molar-refractivity contribution in [3.63, 3.8) is 0 Å². The van der Waals surface area contributed by atoms with Gasteiger partial charge in [-0.25, -0.2) is 0 Å². The van der Waals surface area contributed by atoms with Crippen LogP contribution in [0.4, 0.5) is 5.69 Å². The highest BCUT2D eigenvalue weighted by Crippen LogP contribution is 2.14. The molecule has 0 bridgehead atoms. The van der Waals surface area contributed by atoms with Crippen molar-refractivity contribution in [1.29, 1.82) is 0 Å². The largest absolute Gasteiger partial charge is 0.349 e. The van der Waals surface area contributed by atoms with Crippen LogP contribution in [0.1, 0.15) is 44.4 Å². The van der Waals surface area contributed by atoms with Crippen molar-refractivity contribution in [2.45, 2.75) is 26.2 Å². The van der Waals surface area contributed by atoms with Crippen molar-refractivity contribution >= 4 is 28.8 Å². The van der Waals surface area contributed by atoms with E-state index < -0.39 is 0 Å². The van der Waals surface area contributed by atoms with Crippen LogP contribution in [-0.2, 0) is 0 Å². The lowest BCUT2D eigenvalue weighted by atomic mass is 10.1. The second-order valence-corrected chi connectivity index (χ2v) is 7.37. The molecule has 8 heteroatoms. The van der Waals surface area contributed by atoms with E-state index in [0.717, 1.165) is 36.5 Å². The van der Waals surface area contributed by atoms with Gasteiger partial charge in [0.25, 0.3) is 11.8 Å². The fraction of sp³-hybridized carbons (Fsp3) is 0.444. The predicted octanol–water partition coefficient (Wildman–Crippen LogP) is 2.31. The zero-order valence-corrected chi connectivity index (χ0v) is 15.6. The number of benzene rings is 1. The van der Waals surface area contributed by atoms with Gasteiger partial charge in [0.1, 0.15) is 0 Å². The summed E-state index contributed by atoms with van der Waals surface area (Å²) in [7, 11) is 0. The van der Waals surface area contributed by atoms with E-state index in [1.807, 2.05) is 31.2 Å². The smallest absolute Gasteiger partial charge is 0.286 e. The molecule has 2 heterocycles. The van der Waals surface area contributed by atoms with E-state index in [4.69, 9.17) is 0 Å². The average molecular weight is 373 g/mol. The number of amides is 2. The van der Waals surface area contributed by atoms with Crippen LogP contribution in [0.5, 0.6) is 0 Å². The van der Waals surface area contributed by atoms with Gasteiger partial charge in [-0.15, -0.1) is 10.2 Å². The highest BCUT2D eigenvalue weighted by atomic mass is 32.1. The van der Waals surface area contributed by atoms with E-state index in [9.17, 15) is 9.59 Å². The molecule has 1 fully saturated rings. The van der Waals surface area contributed by atoms with Crippen molar-refractivity contribution < 1.29 is 9.59 Å². The van der Waals surface area contributed by atoms with Crippen LogP contribution < -0.4 is 10.6 Å². The Morgan fingerprint density at radius 3 is 2.38 bits per heavy atom. The summed E-state index contributed by atoms with van der Waals surface area (Å²) in [6.07, 6.45) is 3.74. The van der Waals surface area contributed by atoms with Crippen LogP contribution in [-0.4, -0.2) is 53.1 Å². The molecule has 0 radical (unpaired) electrons. The minimum Gasteiger partial charge on any atom is -0.349 e. The van der Waals surface area contributed by atoms with Crippen LogP contribution in [0.3, 0.4) is 0 Å². The normalized spacial score (nSPS) is 14.8. The molecule has 138 valence electrons. The summed E-state index contributed by atoms with van der Waals surface area (Å²) in [6, 6.07) is 7.47. The summed E-state index contributed by atoms with van der Waals surface area (Å²) < 4.78 is 0. The molecule has 1 aliphatic rings. The molecule has 2 amide bonds. The number of carbonyl (C=O) groups excluding carboxylic acids is 2. The molecule has 2 N–H and O–H groups in total. The Hall–Kier alpha value is -2.32. The standard InChI is InChI=1S/C18H23N5O2S/c1-13-5-7-14(8-6-13)20-16(25)18-22-21-17(26-18)15(24)19-9-12-23-10-3-2-4-11-23/h5-8H,2-4,9-12H2,1H3,(H,19,24)(H,20,25). The van der Waals surface area contributed by atoms with Gasteiger partial charge in [0.05, 0.1) is 0 Å². The summed E-state index contributed by atoms with van der Waals surface area (Å²) in [4.78, 5) is 26.7. The number of aromatic nitrogens is 2. The molecule has 26 heavy (non-hydrogen) atoms. The lowest BCUT2D eigenvalue weighted by molar-refractivity contribution is 0.0944. The molecule has 7 nitrogen and oxygen atoms in total. The van der Waals surface area contributed by atoms with Crippen LogP contribution in [0.15, 0.2) is 24.3 Å². The zero-order valence-electron chi connectivity index (χ0n) is 14.8. The fourth-order valence-electron chi connectivity index (χ4n) is 2.81. The highest BCUT2D eigenvalue weighted by molar-refractivity contribution is 7.15. The van der Waals surface area contributed by atoms with Gasteiger partial charge in [-0.1, -0.05) is 35.5 Å². The fourth-order valence-corrected chi connectivity index (χ4v) is 3.47. The van der Waals surface area contributed by atoms with Crippen molar-refractivity contribution in [3.05, 3.63) is 39.8 Å². The minimum absolute atomic E-state index is 0.173. The monoisotopic (exact) mass is 373 g/mol. The first-order chi connectivity index (χ1) is 12.6. The second-order valence-electron chi connectivity index (χ2n) is 6.39. The van der Waals surface area contributed by atoms with Crippen LogP contribution in [0, 0.1) is 6.92 Å². The van der Waals surface area contributed by atoms with Crippen LogP contribution >= 0.6 is 11.3 Å². The number of aryl methyl sites for hydroxylation is 1. The van der Waals surface area contributed by atoms with Crippen LogP contribution in [0.25, 0.3) is 0 Å². The maximum atomic E-state index is 12.2. The molecule has 1 aliphatic heterocycles. The maximum Gasteiger partial charge on any atom is 0.286 e. The van der Waals surface area contributed by atoms with E-state index in [2.05, 4.69) is 25.7 Å². The van der Waals surface area contributed by atoms with E-state index in [0.29, 0.717) is 12.2 Å². The Morgan fingerprint density at radius 1 is 1.04 bits per heavy atom. The van der Waals surface area contributed by atoms with Crippen molar-refractivity contribution in [3.8, 4) is 0 Å². The molecule has 0 spiro atoms. The third kappa shape index (κ3) is 5.09. The average Bonchev–Trinajstić information content (AvgIpc) is 3.15. The van der Waals surface area contributed by atoms with E-state index in [-0.39, 0.29) is 21.8 Å². The number of anilines is 1. The topological polar surface area (TPSA) is 87.2 Å². The van der Waals surface area contributed by atoms with Gasteiger partial charge < -0.3 is 15.5 Å². The number of piperidine rings is 1. The van der Waals surface area contributed by atoms with Gasteiger partial charge >= 0.3 is 0 Å². The molecule has 1 saturated heterocycles. The number of nitrogens with zero attached hydrogens (tertiary/aromatic N) is 3. The lowest BCUT2D eigenvalue weighted by Gasteiger charge is -2.26. The number of carbonyl (C=O) groups is 2. The Balaban J connectivity index is 1.48. The molecule has 3 rings (SSSR count). The van der Waals surface area contributed by atoms with Gasteiger partial charge in [-0.2, -0.15) is 0 Å². The van der Waals surface area contributed by atoms with E-state index in [1.54, 1.807) is 0 Å². The predicted molar refractivity (Wildman–Crippen MR) is 102 cm³/mol. The lowest BCUT2D eigenvalue weighted by Crippen LogP contribution is -2.37. The molecular formula is C18H23N5O2S. The molecule has 1 aromatic carbocycles. The van der Waals surface area contributed by atoms with Gasteiger partial charge in [-0.05, 0) is 45.0 Å². The van der Waals surface area contributed by atoms with Gasteiger partial charge in [-0.3, -0.25) is 9.59 Å². The summed E-state index contributed by atoms with van der Waals surface area (Å²) >= 11 is 0.998. The first kappa shape index (κ1) is 18.5. The van der Waals surface area contributed by atoms with E-state index in [1.165, 1.54) is 19.3 Å². The SMILES string of the molecule is Cc1ccc(NC(=O)c2nnc(C(=O)NCCN3CCCCC3)s2)cc1. The van der Waals surface area contributed by atoms with E-state index >= 15 is 0 Å². The van der Waals surface area contributed by atoms with Gasteiger partial charge in [0.15, 0.2) is 0 Å². The third-order valence-electron chi connectivity index (χ3n) is 4.29. The Kier molecular flexibility index (Phi) is 6.30. The Labute approximate surface area is 156 Å². The molecule has 0 unspecified atom stereocenters. The maximum absolute atomic E-state index is 12.2. The first-order valence-corrected chi connectivity index (χ1v) is 9.65. The molecule has 0 saturated carbocycles. The number of hydrogen-bond donors (Lipinski definition) is 2. The summed E-state index contributed by atoms with van der Waals surface area (Å²) in [5, 5.41) is 13.7. The number of nitrogens with one attached hydrogen (secondary N) is 2. The van der Waals surface area contributed by atoms with Gasteiger partial charge in [0, 0.05) is 18.8 Å². The number of rotatable bonds is 6. The first-order valence-electron chi connectivity index (χ1n) is 8.84. The molecule has 1 aromatic heterocycles. The number of hydrogen-bond acceptors (Lipinski definition) is 6. The zero-order chi connectivity index (χ0) is 18.4. The van der Waals surface area contributed by atoms with Crippen molar-refractivity contribution in [2.24, 2.45) is 0 Å². The third-order valence-corrected chi connectivity index (χ3v) is 5.21. The van der Waals surface area contributed by atoms with Crippen molar-refractivity contribution in [2.75, 3.05) is 31.5 Å². The minimum atomic E-state index is -0.362. The summed E-state index contributed by atoms with van der Waals surface area (Å²) in [5.74, 6) is -0.646. The summed E-state index contributed by atoms with van der Waals surface area (Å²) in [6.45, 7) is 5.58. The molecular weight excluding hydrogens is 350 g/mol. The highest BCUT2D eigenvalue weighted by Gasteiger charge is 2.18. The molecule has 0 atom stereocenters. The molecule has 0 aliphatic carbocycles.